The van der Waals surface area contributed by atoms with Gasteiger partial charge in [-0.05, 0) is 32.0 Å². The smallest absolute Gasteiger partial charge is 0.277 e. The predicted octanol–water partition coefficient (Wildman–Crippen LogP) is 2.21. The monoisotopic (exact) mass is 266 g/mol. The van der Waals surface area contributed by atoms with E-state index in [1.54, 1.807) is 6.07 Å². The van der Waals surface area contributed by atoms with Crippen LogP contribution < -0.4 is 9.47 Å². The Morgan fingerprint density at radius 1 is 1.21 bits per heavy atom. The molecule has 6 heteroatoms. The SMILES string of the molecule is COc1cc(CN2CCCC2)c([N+](=O)[O-])cc1OC. The van der Waals surface area contributed by atoms with E-state index in [2.05, 4.69) is 4.90 Å². The largest absolute Gasteiger partial charge is 0.493 e. The van der Waals surface area contributed by atoms with E-state index in [1.165, 1.54) is 20.3 Å². The van der Waals surface area contributed by atoms with Crippen LogP contribution in [0.1, 0.15) is 18.4 Å². The lowest BCUT2D eigenvalue weighted by Crippen LogP contribution is -2.19. The molecule has 1 saturated heterocycles. The minimum absolute atomic E-state index is 0.0875. The molecule has 0 atom stereocenters. The average Bonchev–Trinajstić information content (AvgIpc) is 2.90. The van der Waals surface area contributed by atoms with Gasteiger partial charge in [-0.1, -0.05) is 0 Å². The van der Waals surface area contributed by atoms with Crippen molar-refractivity contribution in [1.82, 2.24) is 4.90 Å². The van der Waals surface area contributed by atoms with Crippen LogP contribution in [0, 0.1) is 10.1 Å². The summed E-state index contributed by atoms with van der Waals surface area (Å²) in [6.07, 6.45) is 2.31. The number of ether oxygens (including phenoxy) is 2. The van der Waals surface area contributed by atoms with Gasteiger partial charge in [-0.25, -0.2) is 0 Å². The fourth-order valence-electron chi connectivity index (χ4n) is 2.39. The van der Waals surface area contributed by atoms with Crippen molar-refractivity contribution < 1.29 is 14.4 Å². The Balaban J connectivity index is 2.35. The summed E-state index contributed by atoms with van der Waals surface area (Å²) in [4.78, 5) is 13.0. The Bertz CT molecular complexity index is 470. The molecule has 1 heterocycles. The van der Waals surface area contributed by atoms with Crippen molar-refractivity contribution in [2.24, 2.45) is 0 Å². The molecule has 0 aliphatic carbocycles. The highest BCUT2D eigenvalue weighted by Gasteiger charge is 2.22. The van der Waals surface area contributed by atoms with E-state index in [0.717, 1.165) is 25.9 Å². The van der Waals surface area contributed by atoms with Gasteiger partial charge >= 0.3 is 0 Å². The van der Waals surface area contributed by atoms with Crippen molar-refractivity contribution in [3.05, 3.63) is 27.8 Å². The second kappa shape index (κ2) is 5.88. The summed E-state index contributed by atoms with van der Waals surface area (Å²) in [6, 6.07) is 3.14. The highest BCUT2D eigenvalue weighted by molar-refractivity contribution is 5.54. The molecule has 0 saturated carbocycles. The van der Waals surface area contributed by atoms with Crippen LogP contribution in [0.15, 0.2) is 12.1 Å². The van der Waals surface area contributed by atoms with Crippen molar-refractivity contribution in [2.75, 3.05) is 27.3 Å². The lowest BCUT2D eigenvalue weighted by molar-refractivity contribution is -0.385. The van der Waals surface area contributed by atoms with E-state index < -0.39 is 0 Å². The van der Waals surface area contributed by atoms with Crippen LogP contribution in [0.4, 0.5) is 5.69 Å². The third kappa shape index (κ3) is 2.96. The van der Waals surface area contributed by atoms with E-state index in [9.17, 15) is 10.1 Å². The van der Waals surface area contributed by atoms with E-state index >= 15 is 0 Å². The molecule has 2 rings (SSSR count). The van der Waals surface area contributed by atoms with Crippen LogP contribution in [-0.4, -0.2) is 37.1 Å². The first-order valence-electron chi connectivity index (χ1n) is 6.27. The standard InChI is InChI=1S/C13H18N2O4/c1-18-12-7-10(9-14-5-3-4-6-14)11(15(16)17)8-13(12)19-2/h7-8H,3-6,9H2,1-2H3. The first kappa shape index (κ1) is 13.6. The topological polar surface area (TPSA) is 64.8 Å². The van der Waals surface area contributed by atoms with Gasteiger partial charge in [-0.15, -0.1) is 0 Å². The summed E-state index contributed by atoms with van der Waals surface area (Å²) in [6.45, 7) is 2.56. The molecular weight excluding hydrogens is 248 g/mol. The second-order valence-corrected chi connectivity index (χ2v) is 4.58. The molecule has 0 spiro atoms. The maximum Gasteiger partial charge on any atom is 0.277 e. The zero-order valence-corrected chi connectivity index (χ0v) is 11.2. The Hall–Kier alpha value is -1.82. The summed E-state index contributed by atoms with van der Waals surface area (Å²) in [7, 11) is 3.01. The third-order valence-electron chi connectivity index (χ3n) is 3.37. The van der Waals surface area contributed by atoms with E-state index in [0.29, 0.717) is 23.6 Å². The zero-order valence-electron chi connectivity index (χ0n) is 11.2. The molecule has 0 bridgehead atoms. The number of likely N-dealkylation sites (tertiary alicyclic amines) is 1. The van der Waals surface area contributed by atoms with Crippen molar-refractivity contribution in [3.8, 4) is 11.5 Å². The van der Waals surface area contributed by atoms with Crippen LogP contribution >= 0.6 is 0 Å². The lowest BCUT2D eigenvalue weighted by Gasteiger charge is -2.16. The maximum atomic E-state index is 11.2. The third-order valence-corrected chi connectivity index (χ3v) is 3.37. The summed E-state index contributed by atoms with van der Waals surface area (Å²) in [5.74, 6) is 0.918. The first-order valence-corrected chi connectivity index (χ1v) is 6.27. The molecule has 1 aliphatic heterocycles. The molecular formula is C13H18N2O4. The number of nitro groups is 1. The van der Waals surface area contributed by atoms with Gasteiger partial charge in [0.05, 0.1) is 25.2 Å². The molecule has 1 aromatic carbocycles. The van der Waals surface area contributed by atoms with Gasteiger partial charge in [-0.2, -0.15) is 0 Å². The number of nitro benzene ring substituents is 1. The molecule has 104 valence electrons. The normalized spacial score (nSPS) is 15.5. The van der Waals surface area contributed by atoms with Gasteiger partial charge in [0, 0.05) is 12.1 Å². The van der Waals surface area contributed by atoms with E-state index in [-0.39, 0.29) is 10.6 Å². The Morgan fingerprint density at radius 3 is 2.32 bits per heavy atom. The Kier molecular flexibility index (Phi) is 4.21. The predicted molar refractivity (Wildman–Crippen MR) is 70.7 cm³/mol. The van der Waals surface area contributed by atoms with E-state index in [1.807, 2.05) is 0 Å². The van der Waals surface area contributed by atoms with E-state index in [4.69, 9.17) is 9.47 Å². The summed E-state index contributed by atoms with van der Waals surface area (Å²) in [5, 5.41) is 11.2. The van der Waals surface area contributed by atoms with Gasteiger partial charge in [0.15, 0.2) is 11.5 Å². The van der Waals surface area contributed by atoms with Crippen molar-refractivity contribution >= 4 is 5.69 Å². The van der Waals surface area contributed by atoms with Gasteiger partial charge < -0.3 is 9.47 Å². The fraction of sp³-hybridized carbons (Fsp3) is 0.538. The molecule has 1 aliphatic rings. The van der Waals surface area contributed by atoms with Crippen molar-refractivity contribution in [1.29, 1.82) is 0 Å². The van der Waals surface area contributed by atoms with Gasteiger partial charge in [0.25, 0.3) is 5.69 Å². The number of benzene rings is 1. The minimum Gasteiger partial charge on any atom is -0.493 e. The van der Waals surface area contributed by atoms with Gasteiger partial charge in [0.1, 0.15) is 0 Å². The molecule has 0 amide bonds. The molecule has 0 radical (unpaired) electrons. The van der Waals surface area contributed by atoms with Crippen LogP contribution in [0.25, 0.3) is 0 Å². The summed E-state index contributed by atoms with van der Waals surface area (Å²) in [5.41, 5.74) is 0.758. The highest BCUT2D eigenvalue weighted by atomic mass is 16.6. The van der Waals surface area contributed by atoms with Crippen LogP contribution in [0.5, 0.6) is 11.5 Å². The summed E-state index contributed by atoms with van der Waals surface area (Å²) < 4.78 is 10.3. The van der Waals surface area contributed by atoms with Crippen LogP contribution in [0.3, 0.4) is 0 Å². The molecule has 0 unspecified atom stereocenters. The number of hydrogen-bond acceptors (Lipinski definition) is 5. The van der Waals surface area contributed by atoms with Crippen LogP contribution in [0.2, 0.25) is 0 Å². The molecule has 1 aromatic rings. The minimum atomic E-state index is -0.368. The van der Waals surface area contributed by atoms with Crippen LogP contribution in [-0.2, 0) is 6.54 Å². The maximum absolute atomic E-state index is 11.2. The molecule has 19 heavy (non-hydrogen) atoms. The molecule has 0 N–H and O–H groups in total. The molecule has 6 nitrogen and oxygen atoms in total. The van der Waals surface area contributed by atoms with Crippen molar-refractivity contribution in [3.63, 3.8) is 0 Å². The molecule has 0 aromatic heterocycles. The zero-order chi connectivity index (χ0) is 13.8. The number of rotatable bonds is 5. The Morgan fingerprint density at radius 2 is 1.79 bits per heavy atom. The molecule has 1 fully saturated rings. The summed E-state index contributed by atoms with van der Waals surface area (Å²) >= 11 is 0. The number of methoxy groups -OCH3 is 2. The lowest BCUT2D eigenvalue weighted by atomic mass is 10.1. The number of nitrogens with zero attached hydrogens (tertiary/aromatic N) is 2. The van der Waals surface area contributed by atoms with Crippen molar-refractivity contribution in [2.45, 2.75) is 19.4 Å². The van der Waals surface area contributed by atoms with Gasteiger partial charge in [-0.3, -0.25) is 15.0 Å². The first-order chi connectivity index (χ1) is 9.15. The fourth-order valence-corrected chi connectivity index (χ4v) is 2.39. The Labute approximate surface area is 112 Å². The average molecular weight is 266 g/mol. The van der Waals surface area contributed by atoms with Gasteiger partial charge in [0.2, 0.25) is 0 Å². The quantitative estimate of drug-likeness (QED) is 0.604. The second-order valence-electron chi connectivity index (χ2n) is 4.58. The number of hydrogen-bond donors (Lipinski definition) is 0. The highest BCUT2D eigenvalue weighted by Crippen LogP contribution is 2.35.